The molecule has 0 aliphatic heterocycles. The number of aromatic amines is 2. The van der Waals surface area contributed by atoms with Crippen LogP contribution in [0.15, 0.2) is 67.6 Å². The van der Waals surface area contributed by atoms with Crippen LogP contribution >= 0.6 is 0 Å². The van der Waals surface area contributed by atoms with Crippen molar-refractivity contribution >= 4 is 31.6 Å². The van der Waals surface area contributed by atoms with E-state index in [4.69, 9.17) is 0 Å². The molecule has 0 spiro atoms. The Labute approximate surface area is 210 Å². The lowest BCUT2D eigenvalue weighted by Crippen LogP contribution is -2.06. The number of aromatic nitrogens is 7. The minimum absolute atomic E-state index is 0.0508. The van der Waals surface area contributed by atoms with E-state index in [9.17, 15) is 12.8 Å². The maximum Gasteiger partial charge on any atom is 0.147 e. The van der Waals surface area contributed by atoms with Crippen molar-refractivity contribution in [2.24, 2.45) is 0 Å². The third kappa shape index (κ3) is 4.56. The highest BCUT2D eigenvalue weighted by molar-refractivity contribution is 7.90. The van der Waals surface area contributed by atoms with Gasteiger partial charge in [0.15, 0.2) is 0 Å². The molecule has 0 bridgehead atoms. The van der Waals surface area contributed by atoms with Crippen molar-refractivity contribution < 1.29 is 12.8 Å². The molecular weight excluding hydrogens is 493 g/mol. The second-order valence-corrected chi connectivity index (χ2v) is 11.1. The van der Waals surface area contributed by atoms with Gasteiger partial charge in [-0.2, -0.15) is 5.10 Å². The molecule has 0 aliphatic carbocycles. The number of benzene rings is 1. The highest BCUT2D eigenvalue weighted by Gasteiger charge is 2.16. The lowest BCUT2D eigenvalue weighted by atomic mass is 10.0. The average Bonchev–Trinajstić information content (AvgIpc) is 3.51. The molecule has 6 aromatic rings. The fourth-order valence-corrected chi connectivity index (χ4v) is 4.98. The predicted molar refractivity (Wildman–Crippen MR) is 139 cm³/mol. The second kappa shape index (κ2) is 8.86. The highest BCUT2D eigenvalue weighted by Crippen LogP contribution is 2.34. The van der Waals surface area contributed by atoms with Crippen molar-refractivity contribution in [1.29, 1.82) is 0 Å². The van der Waals surface area contributed by atoms with Crippen LogP contribution in [0.3, 0.4) is 0 Å². The van der Waals surface area contributed by atoms with Crippen LogP contribution in [0.1, 0.15) is 5.56 Å². The summed E-state index contributed by atoms with van der Waals surface area (Å²) in [4.78, 5) is 20.3. The van der Waals surface area contributed by atoms with Gasteiger partial charge in [-0.05, 0) is 41.8 Å². The van der Waals surface area contributed by atoms with Crippen LogP contribution in [0.4, 0.5) is 4.39 Å². The van der Waals surface area contributed by atoms with Crippen LogP contribution in [0.5, 0.6) is 0 Å². The minimum atomic E-state index is -3.17. The summed E-state index contributed by atoms with van der Waals surface area (Å²) < 4.78 is 37.7. The second-order valence-electron chi connectivity index (χ2n) is 8.87. The van der Waals surface area contributed by atoms with Gasteiger partial charge in [-0.1, -0.05) is 6.07 Å². The Bertz CT molecular complexity index is 1880. The number of sulfone groups is 1. The lowest BCUT2D eigenvalue weighted by Gasteiger charge is -2.07. The molecular formula is C26H20FN7O2S. The first-order chi connectivity index (χ1) is 17.8. The normalized spacial score (nSPS) is 11.9. The molecule has 0 atom stereocenters. The monoisotopic (exact) mass is 513 g/mol. The van der Waals surface area contributed by atoms with E-state index in [1.807, 2.05) is 12.1 Å². The summed E-state index contributed by atoms with van der Waals surface area (Å²) in [5.41, 5.74) is 6.45. The molecule has 5 heterocycles. The molecule has 0 amide bonds. The topological polar surface area (TPSA) is 130 Å². The van der Waals surface area contributed by atoms with Gasteiger partial charge < -0.3 is 4.98 Å². The fraction of sp³-hybridized carbons (Fsp3) is 0.115. The van der Waals surface area contributed by atoms with Gasteiger partial charge >= 0.3 is 0 Å². The summed E-state index contributed by atoms with van der Waals surface area (Å²) in [5, 5.41) is 9.23. The van der Waals surface area contributed by atoms with Crippen LogP contribution in [0.25, 0.3) is 55.6 Å². The van der Waals surface area contributed by atoms with Gasteiger partial charge in [0.2, 0.25) is 0 Å². The van der Waals surface area contributed by atoms with E-state index >= 15 is 0 Å². The number of aryl methyl sites for hydroxylation is 1. The first kappa shape index (κ1) is 22.9. The van der Waals surface area contributed by atoms with E-state index in [0.717, 1.165) is 44.3 Å². The molecule has 0 fully saturated rings. The Kier molecular flexibility index (Phi) is 5.49. The van der Waals surface area contributed by atoms with E-state index in [-0.39, 0.29) is 12.2 Å². The van der Waals surface area contributed by atoms with Gasteiger partial charge in [-0.3, -0.25) is 15.1 Å². The zero-order valence-electron chi connectivity index (χ0n) is 19.6. The predicted octanol–water partition coefficient (Wildman–Crippen LogP) is 4.35. The van der Waals surface area contributed by atoms with E-state index < -0.39 is 15.7 Å². The largest absolute Gasteiger partial charge is 0.352 e. The molecule has 0 radical (unpaired) electrons. The van der Waals surface area contributed by atoms with Crippen LogP contribution in [0.2, 0.25) is 0 Å². The molecule has 11 heteroatoms. The standard InChI is InChI=1S/C26H20FN7O2S/c1-37(35,36)3-2-15-4-16(6-18(27)5-15)21-11-28-12-24-19(21)7-23(32-24)26-20-8-22(17-9-29-14-30-10-17)31-13-25(20)33-34-26/h4-14,32H,2-3H2,1H3,(H,33,34). The number of fused-ring (bicyclic) bond motifs is 2. The van der Waals surface area contributed by atoms with Crippen molar-refractivity contribution in [3.05, 3.63) is 79.0 Å². The van der Waals surface area contributed by atoms with Crippen LogP contribution in [-0.4, -0.2) is 55.5 Å². The van der Waals surface area contributed by atoms with Gasteiger partial charge in [0.25, 0.3) is 0 Å². The van der Waals surface area contributed by atoms with Gasteiger partial charge in [-0.25, -0.2) is 22.8 Å². The Balaban J connectivity index is 1.44. The summed E-state index contributed by atoms with van der Waals surface area (Å²) in [6.07, 6.45) is 11.4. The molecule has 5 aromatic heterocycles. The molecule has 0 saturated carbocycles. The Hall–Kier alpha value is -4.51. The van der Waals surface area contributed by atoms with E-state index in [1.165, 1.54) is 24.7 Å². The Morgan fingerprint density at radius 1 is 0.865 bits per heavy atom. The van der Waals surface area contributed by atoms with Crippen molar-refractivity contribution in [2.45, 2.75) is 6.42 Å². The Morgan fingerprint density at radius 3 is 2.51 bits per heavy atom. The lowest BCUT2D eigenvalue weighted by molar-refractivity contribution is 0.600. The molecule has 0 unspecified atom stereocenters. The summed E-state index contributed by atoms with van der Waals surface area (Å²) >= 11 is 0. The molecule has 6 rings (SSSR count). The van der Waals surface area contributed by atoms with Crippen molar-refractivity contribution in [3.8, 4) is 33.8 Å². The number of nitrogens with one attached hydrogen (secondary N) is 2. The van der Waals surface area contributed by atoms with Crippen LogP contribution < -0.4 is 0 Å². The summed E-state index contributed by atoms with van der Waals surface area (Å²) in [6, 6.07) is 8.48. The smallest absolute Gasteiger partial charge is 0.147 e. The van der Waals surface area contributed by atoms with Gasteiger partial charge in [0.1, 0.15) is 27.7 Å². The maximum absolute atomic E-state index is 14.5. The highest BCUT2D eigenvalue weighted by atomic mass is 32.2. The fourth-order valence-electron chi connectivity index (χ4n) is 4.37. The first-order valence-corrected chi connectivity index (χ1v) is 13.4. The van der Waals surface area contributed by atoms with Crippen molar-refractivity contribution in [1.82, 2.24) is 35.1 Å². The maximum atomic E-state index is 14.5. The number of H-pyrrole nitrogens is 2. The molecule has 2 N–H and O–H groups in total. The molecule has 0 saturated heterocycles. The van der Waals surface area contributed by atoms with Crippen LogP contribution in [-0.2, 0) is 16.3 Å². The number of nitrogens with zero attached hydrogens (tertiary/aromatic N) is 5. The SMILES string of the molecule is CS(=O)(=O)CCc1cc(F)cc(-c2cncc3[nH]c(-c4n[nH]c5cnc(-c6cncnc6)cc45)cc23)c1. The third-order valence-corrected chi connectivity index (χ3v) is 7.08. The van der Waals surface area contributed by atoms with Crippen LogP contribution in [0, 0.1) is 5.82 Å². The molecule has 37 heavy (non-hydrogen) atoms. The number of hydrogen-bond acceptors (Lipinski definition) is 7. The number of rotatable bonds is 6. The van der Waals surface area contributed by atoms with Crippen molar-refractivity contribution in [3.63, 3.8) is 0 Å². The number of halogens is 1. The van der Waals surface area contributed by atoms with Crippen molar-refractivity contribution in [2.75, 3.05) is 12.0 Å². The van der Waals surface area contributed by atoms with E-state index in [1.54, 1.807) is 37.1 Å². The third-order valence-electron chi connectivity index (χ3n) is 6.13. The first-order valence-electron chi connectivity index (χ1n) is 11.4. The Morgan fingerprint density at radius 2 is 1.70 bits per heavy atom. The summed E-state index contributed by atoms with van der Waals surface area (Å²) in [7, 11) is -3.17. The number of hydrogen-bond donors (Lipinski definition) is 2. The summed E-state index contributed by atoms with van der Waals surface area (Å²) in [5.74, 6) is -0.484. The van der Waals surface area contributed by atoms with Gasteiger partial charge in [0.05, 0.1) is 40.6 Å². The average molecular weight is 514 g/mol. The molecule has 1 aromatic carbocycles. The van der Waals surface area contributed by atoms with Gasteiger partial charge in [0, 0.05) is 46.7 Å². The zero-order valence-corrected chi connectivity index (χ0v) is 20.4. The molecule has 184 valence electrons. The minimum Gasteiger partial charge on any atom is -0.352 e. The van der Waals surface area contributed by atoms with Gasteiger partial charge in [-0.15, -0.1) is 0 Å². The molecule has 9 nitrogen and oxygen atoms in total. The van der Waals surface area contributed by atoms with E-state index in [0.29, 0.717) is 16.8 Å². The quantitative estimate of drug-likeness (QED) is 0.339. The summed E-state index contributed by atoms with van der Waals surface area (Å²) in [6.45, 7) is 0. The number of pyridine rings is 2. The van der Waals surface area contributed by atoms with E-state index in [2.05, 4.69) is 35.1 Å². The molecule has 0 aliphatic rings. The zero-order chi connectivity index (χ0) is 25.6.